The molecule has 1 unspecified atom stereocenters. The highest BCUT2D eigenvalue weighted by molar-refractivity contribution is 6.37. The summed E-state index contributed by atoms with van der Waals surface area (Å²) in [5.74, 6) is -1.74. The van der Waals surface area contributed by atoms with Crippen molar-refractivity contribution in [3.8, 4) is 0 Å². The molecule has 1 atom stereocenters. The molecular weight excluding hydrogens is 172 g/mol. The first-order chi connectivity index (χ1) is 6.13. The Balaban J connectivity index is 4.14. The van der Waals surface area contributed by atoms with Crippen LogP contribution in [-0.4, -0.2) is 24.1 Å². The Hall–Kier alpha value is -1.39. The number of primary amides is 1. The van der Waals surface area contributed by atoms with Gasteiger partial charge in [0, 0.05) is 0 Å². The van der Waals surface area contributed by atoms with Crippen LogP contribution in [-0.2, 0) is 14.4 Å². The molecule has 0 fully saturated rings. The molecule has 0 aliphatic heterocycles. The third kappa shape index (κ3) is 4.25. The molecule has 0 aromatic heterocycles. The van der Waals surface area contributed by atoms with E-state index in [0.29, 0.717) is 12.8 Å². The van der Waals surface area contributed by atoms with Crippen molar-refractivity contribution in [3.05, 3.63) is 0 Å². The fraction of sp³-hybridized carbons (Fsp3) is 0.625. The lowest BCUT2D eigenvalue weighted by Gasteiger charge is -2.11. The summed E-state index contributed by atoms with van der Waals surface area (Å²) in [7, 11) is 0. The quantitative estimate of drug-likeness (QED) is 0.409. The van der Waals surface area contributed by atoms with E-state index >= 15 is 0 Å². The number of hydrogen-bond donors (Lipinski definition) is 2. The van der Waals surface area contributed by atoms with E-state index in [9.17, 15) is 14.4 Å². The predicted molar refractivity (Wildman–Crippen MR) is 46.7 cm³/mol. The molecular formula is C8H14N2O3. The Labute approximate surface area is 76.7 Å². The summed E-state index contributed by atoms with van der Waals surface area (Å²) in [5.41, 5.74) is 4.79. The third-order valence-electron chi connectivity index (χ3n) is 1.67. The Morgan fingerprint density at radius 3 is 2.54 bits per heavy atom. The van der Waals surface area contributed by atoms with Gasteiger partial charge in [-0.25, -0.2) is 0 Å². The number of amides is 2. The van der Waals surface area contributed by atoms with E-state index in [1.165, 1.54) is 0 Å². The van der Waals surface area contributed by atoms with Gasteiger partial charge < -0.3 is 11.1 Å². The highest BCUT2D eigenvalue weighted by Gasteiger charge is 2.21. The molecule has 0 saturated heterocycles. The summed E-state index contributed by atoms with van der Waals surface area (Å²) in [4.78, 5) is 31.6. The fourth-order valence-electron chi connectivity index (χ4n) is 0.952. The van der Waals surface area contributed by atoms with Gasteiger partial charge in [-0.3, -0.25) is 14.4 Å². The molecule has 0 heterocycles. The second-order valence-electron chi connectivity index (χ2n) is 2.71. The Kier molecular flexibility index (Phi) is 5.50. The van der Waals surface area contributed by atoms with E-state index < -0.39 is 17.7 Å². The van der Waals surface area contributed by atoms with Crippen molar-refractivity contribution in [2.75, 3.05) is 0 Å². The molecule has 0 rings (SSSR count). The lowest BCUT2D eigenvalue weighted by Crippen LogP contribution is -2.42. The normalized spacial score (nSPS) is 11.8. The molecule has 0 aliphatic rings. The zero-order valence-corrected chi connectivity index (χ0v) is 7.58. The first-order valence-electron chi connectivity index (χ1n) is 4.16. The van der Waals surface area contributed by atoms with Crippen molar-refractivity contribution in [1.82, 2.24) is 5.32 Å². The minimum absolute atomic E-state index is 0.404. The molecule has 2 amide bonds. The number of nitrogens with one attached hydrogen (secondary N) is 1. The summed E-state index contributed by atoms with van der Waals surface area (Å²) in [6.45, 7) is 1.95. The molecule has 13 heavy (non-hydrogen) atoms. The molecule has 5 heteroatoms. The van der Waals surface area contributed by atoms with Crippen LogP contribution in [0.4, 0.5) is 0 Å². The van der Waals surface area contributed by atoms with Crippen LogP contribution >= 0.6 is 0 Å². The largest absolute Gasteiger partial charge is 0.363 e. The van der Waals surface area contributed by atoms with Crippen LogP contribution in [0.3, 0.4) is 0 Å². The van der Waals surface area contributed by atoms with Gasteiger partial charge in [0.05, 0.1) is 6.04 Å². The monoisotopic (exact) mass is 186 g/mol. The van der Waals surface area contributed by atoms with Crippen LogP contribution in [0, 0.1) is 0 Å². The van der Waals surface area contributed by atoms with Gasteiger partial charge in [-0.05, 0) is 6.42 Å². The van der Waals surface area contributed by atoms with Crippen molar-refractivity contribution in [3.63, 3.8) is 0 Å². The second kappa shape index (κ2) is 6.16. The fourth-order valence-corrected chi connectivity index (χ4v) is 0.952. The van der Waals surface area contributed by atoms with Crippen molar-refractivity contribution >= 4 is 18.1 Å². The standard InChI is InChI=1S/C8H14N2O3/c1-2-3-4-6(10-5-11)7(12)8(9)13/h5-6H,2-4H2,1H3,(H2,9,13)(H,10,11). The van der Waals surface area contributed by atoms with Gasteiger partial charge in [0.15, 0.2) is 0 Å². The van der Waals surface area contributed by atoms with Crippen LogP contribution in [0.25, 0.3) is 0 Å². The van der Waals surface area contributed by atoms with Gasteiger partial charge in [-0.15, -0.1) is 0 Å². The van der Waals surface area contributed by atoms with Crippen LogP contribution < -0.4 is 11.1 Å². The van der Waals surface area contributed by atoms with E-state index in [4.69, 9.17) is 5.73 Å². The predicted octanol–water partition coefficient (Wildman–Crippen LogP) is -0.654. The summed E-state index contributed by atoms with van der Waals surface area (Å²) < 4.78 is 0. The molecule has 0 aromatic rings. The van der Waals surface area contributed by atoms with Crippen LogP contribution in [0.15, 0.2) is 0 Å². The van der Waals surface area contributed by atoms with Gasteiger partial charge in [0.1, 0.15) is 0 Å². The average Bonchev–Trinajstić information content (AvgIpc) is 2.11. The highest BCUT2D eigenvalue weighted by Crippen LogP contribution is 2.00. The number of carbonyl (C=O) groups is 3. The minimum Gasteiger partial charge on any atom is -0.363 e. The number of Topliss-reactive ketones (excluding diaryl/α,β-unsaturated/α-hetero) is 1. The Bertz CT molecular complexity index is 204. The summed E-state index contributed by atoms with van der Waals surface area (Å²) in [5, 5.41) is 2.27. The number of ketones is 1. The van der Waals surface area contributed by atoms with Crippen LogP contribution in [0.5, 0.6) is 0 Å². The number of nitrogens with two attached hydrogens (primary N) is 1. The van der Waals surface area contributed by atoms with Crippen molar-refractivity contribution in [2.24, 2.45) is 5.73 Å². The summed E-state index contributed by atoms with van der Waals surface area (Å²) in [6, 6.07) is -0.755. The second-order valence-corrected chi connectivity index (χ2v) is 2.71. The molecule has 0 aromatic carbocycles. The lowest BCUT2D eigenvalue weighted by atomic mass is 10.1. The number of hydrogen-bond acceptors (Lipinski definition) is 3. The molecule has 0 bridgehead atoms. The van der Waals surface area contributed by atoms with E-state index in [-0.39, 0.29) is 0 Å². The van der Waals surface area contributed by atoms with Crippen molar-refractivity contribution < 1.29 is 14.4 Å². The lowest BCUT2D eigenvalue weighted by molar-refractivity contribution is -0.137. The van der Waals surface area contributed by atoms with Gasteiger partial charge in [0.2, 0.25) is 12.2 Å². The minimum atomic E-state index is -1.00. The van der Waals surface area contributed by atoms with Gasteiger partial charge in [0.25, 0.3) is 5.91 Å². The zero-order chi connectivity index (χ0) is 10.3. The number of carbonyl (C=O) groups excluding carboxylic acids is 3. The molecule has 74 valence electrons. The van der Waals surface area contributed by atoms with Crippen LogP contribution in [0.1, 0.15) is 26.2 Å². The van der Waals surface area contributed by atoms with E-state index in [1.807, 2.05) is 6.92 Å². The first-order valence-corrected chi connectivity index (χ1v) is 4.16. The topological polar surface area (TPSA) is 89.3 Å². The molecule has 5 nitrogen and oxygen atoms in total. The summed E-state index contributed by atoms with van der Waals surface area (Å²) >= 11 is 0. The molecule has 0 radical (unpaired) electrons. The van der Waals surface area contributed by atoms with Gasteiger partial charge in [-0.2, -0.15) is 0 Å². The smallest absolute Gasteiger partial charge is 0.287 e. The maximum absolute atomic E-state index is 11.0. The SMILES string of the molecule is CCCCC(NC=O)C(=O)C(N)=O. The zero-order valence-electron chi connectivity index (χ0n) is 7.58. The van der Waals surface area contributed by atoms with E-state index in [2.05, 4.69) is 5.32 Å². The van der Waals surface area contributed by atoms with Crippen molar-refractivity contribution in [1.29, 1.82) is 0 Å². The Morgan fingerprint density at radius 2 is 2.15 bits per heavy atom. The average molecular weight is 186 g/mol. The Morgan fingerprint density at radius 1 is 1.54 bits per heavy atom. The molecule has 0 saturated carbocycles. The van der Waals surface area contributed by atoms with Gasteiger partial charge in [-0.1, -0.05) is 19.8 Å². The number of rotatable bonds is 7. The van der Waals surface area contributed by atoms with E-state index in [1.54, 1.807) is 0 Å². The molecule has 0 spiro atoms. The maximum atomic E-state index is 11.0. The van der Waals surface area contributed by atoms with E-state index in [0.717, 1.165) is 12.8 Å². The molecule has 3 N–H and O–H groups in total. The highest BCUT2D eigenvalue weighted by atomic mass is 16.2. The van der Waals surface area contributed by atoms with Crippen molar-refractivity contribution in [2.45, 2.75) is 32.2 Å². The molecule has 0 aliphatic carbocycles. The number of unbranched alkanes of at least 4 members (excludes halogenated alkanes) is 1. The van der Waals surface area contributed by atoms with Gasteiger partial charge >= 0.3 is 0 Å². The summed E-state index contributed by atoms with van der Waals surface area (Å²) in [6.07, 6.45) is 2.52. The van der Waals surface area contributed by atoms with Crippen LogP contribution in [0.2, 0.25) is 0 Å². The first kappa shape index (κ1) is 11.6. The third-order valence-corrected chi connectivity index (χ3v) is 1.67. The maximum Gasteiger partial charge on any atom is 0.287 e.